The summed E-state index contributed by atoms with van der Waals surface area (Å²) in [5.41, 5.74) is 1.40. The Morgan fingerprint density at radius 2 is 2.00 bits per heavy atom. The number of hydrogen-bond acceptors (Lipinski definition) is 2. The molecule has 1 aromatic carbocycles. The summed E-state index contributed by atoms with van der Waals surface area (Å²) in [6.45, 7) is 5.72. The maximum atomic E-state index is 3.74. The van der Waals surface area contributed by atoms with Crippen LogP contribution in [0.4, 0.5) is 0 Å². The Balaban J connectivity index is 1.68. The molecule has 1 saturated carbocycles. The van der Waals surface area contributed by atoms with Crippen LogP contribution in [0.3, 0.4) is 0 Å². The van der Waals surface area contributed by atoms with Gasteiger partial charge >= 0.3 is 0 Å². The van der Waals surface area contributed by atoms with Crippen LogP contribution >= 0.6 is 11.8 Å². The van der Waals surface area contributed by atoms with Gasteiger partial charge in [-0.2, -0.15) is 0 Å². The van der Waals surface area contributed by atoms with Crippen LogP contribution in [0, 0.1) is 12.8 Å². The zero-order valence-electron chi connectivity index (χ0n) is 11.6. The third-order valence-electron chi connectivity index (χ3n) is 3.97. The number of benzene rings is 1. The quantitative estimate of drug-likeness (QED) is 0.629. The van der Waals surface area contributed by atoms with E-state index in [9.17, 15) is 0 Å². The van der Waals surface area contributed by atoms with Gasteiger partial charge in [0.15, 0.2) is 0 Å². The minimum absolute atomic E-state index is 0.760. The molecule has 18 heavy (non-hydrogen) atoms. The lowest BCUT2D eigenvalue weighted by Crippen LogP contribution is -2.38. The summed E-state index contributed by atoms with van der Waals surface area (Å²) in [4.78, 5) is 1.43. The highest BCUT2D eigenvalue weighted by molar-refractivity contribution is 7.99. The van der Waals surface area contributed by atoms with Crippen LogP contribution in [0.25, 0.3) is 0 Å². The van der Waals surface area contributed by atoms with Gasteiger partial charge in [0.05, 0.1) is 0 Å². The van der Waals surface area contributed by atoms with Crippen molar-refractivity contribution < 1.29 is 0 Å². The molecular weight excluding hydrogens is 238 g/mol. The SMILES string of the molecule is Cc1ccccc1SCCNC1CCCCC1C. The van der Waals surface area contributed by atoms with Gasteiger partial charge < -0.3 is 5.32 Å². The molecule has 2 unspecified atom stereocenters. The largest absolute Gasteiger partial charge is 0.313 e. The van der Waals surface area contributed by atoms with E-state index in [1.165, 1.54) is 41.9 Å². The van der Waals surface area contributed by atoms with Gasteiger partial charge in [-0.1, -0.05) is 38.0 Å². The molecule has 1 N–H and O–H groups in total. The van der Waals surface area contributed by atoms with E-state index in [0.717, 1.165) is 18.5 Å². The van der Waals surface area contributed by atoms with Crippen molar-refractivity contribution in [2.45, 2.75) is 50.5 Å². The molecule has 0 saturated heterocycles. The molecular formula is C16H25NS. The monoisotopic (exact) mass is 263 g/mol. The summed E-state index contributed by atoms with van der Waals surface area (Å²) in [5.74, 6) is 2.04. The molecule has 2 heteroatoms. The van der Waals surface area contributed by atoms with Gasteiger partial charge in [0.25, 0.3) is 0 Å². The van der Waals surface area contributed by atoms with Gasteiger partial charge in [-0.3, -0.25) is 0 Å². The number of nitrogens with one attached hydrogen (secondary N) is 1. The van der Waals surface area contributed by atoms with Gasteiger partial charge in [0, 0.05) is 23.2 Å². The molecule has 0 radical (unpaired) electrons. The van der Waals surface area contributed by atoms with Crippen LogP contribution in [0.2, 0.25) is 0 Å². The average molecular weight is 263 g/mol. The summed E-state index contributed by atoms with van der Waals surface area (Å²) < 4.78 is 0. The molecule has 0 aromatic heterocycles. The van der Waals surface area contributed by atoms with E-state index in [1.807, 2.05) is 11.8 Å². The molecule has 1 aliphatic rings. The summed E-state index contributed by atoms with van der Waals surface area (Å²) in [5, 5.41) is 3.74. The van der Waals surface area contributed by atoms with Crippen molar-refractivity contribution in [1.82, 2.24) is 5.32 Å². The average Bonchev–Trinajstić information content (AvgIpc) is 2.38. The predicted octanol–water partition coefficient (Wildman–Crippen LogP) is 4.26. The fourth-order valence-electron chi connectivity index (χ4n) is 2.74. The van der Waals surface area contributed by atoms with Crippen molar-refractivity contribution in [2.24, 2.45) is 5.92 Å². The van der Waals surface area contributed by atoms with E-state index in [-0.39, 0.29) is 0 Å². The molecule has 0 heterocycles. The first-order valence-electron chi connectivity index (χ1n) is 7.19. The summed E-state index contributed by atoms with van der Waals surface area (Å²) in [7, 11) is 0. The third-order valence-corrected chi connectivity index (χ3v) is 5.15. The van der Waals surface area contributed by atoms with E-state index in [2.05, 4.69) is 43.4 Å². The second-order valence-corrected chi connectivity index (χ2v) is 6.57. The van der Waals surface area contributed by atoms with E-state index >= 15 is 0 Å². The molecule has 0 bridgehead atoms. The Bertz CT molecular complexity index is 364. The molecule has 2 atom stereocenters. The van der Waals surface area contributed by atoms with E-state index in [1.54, 1.807) is 0 Å². The van der Waals surface area contributed by atoms with E-state index < -0.39 is 0 Å². The van der Waals surface area contributed by atoms with E-state index in [4.69, 9.17) is 0 Å². The third kappa shape index (κ3) is 4.03. The fourth-order valence-corrected chi connectivity index (χ4v) is 3.65. The Hall–Kier alpha value is -0.470. The molecule has 1 aromatic rings. The van der Waals surface area contributed by atoms with Crippen molar-refractivity contribution >= 4 is 11.8 Å². The zero-order chi connectivity index (χ0) is 12.8. The molecule has 1 aliphatic carbocycles. The Labute approximate surface area is 116 Å². The minimum atomic E-state index is 0.760. The summed E-state index contributed by atoms with van der Waals surface area (Å²) in [6.07, 6.45) is 5.61. The van der Waals surface area contributed by atoms with Gasteiger partial charge in [0.1, 0.15) is 0 Å². The van der Waals surface area contributed by atoms with Crippen LogP contribution in [-0.2, 0) is 0 Å². The molecule has 1 nitrogen and oxygen atoms in total. The Morgan fingerprint density at radius 3 is 2.78 bits per heavy atom. The van der Waals surface area contributed by atoms with Gasteiger partial charge in [-0.15, -0.1) is 11.8 Å². The standard InChI is InChI=1S/C16H25NS/c1-13-7-3-5-9-15(13)17-11-12-18-16-10-6-4-8-14(16)2/h4,6,8,10,13,15,17H,3,5,7,9,11-12H2,1-2H3. The topological polar surface area (TPSA) is 12.0 Å². The maximum absolute atomic E-state index is 3.74. The summed E-state index contributed by atoms with van der Waals surface area (Å²) in [6, 6.07) is 9.42. The molecule has 1 fully saturated rings. The highest BCUT2D eigenvalue weighted by Gasteiger charge is 2.19. The number of rotatable bonds is 5. The minimum Gasteiger partial charge on any atom is -0.313 e. The second-order valence-electron chi connectivity index (χ2n) is 5.44. The van der Waals surface area contributed by atoms with Crippen molar-refractivity contribution in [2.75, 3.05) is 12.3 Å². The predicted molar refractivity (Wildman–Crippen MR) is 81.3 cm³/mol. The fraction of sp³-hybridized carbons (Fsp3) is 0.625. The molecule has 0 aliphatic heterocycles. The van der Waals surface area contributed by atoms with Crippen molar-refractivity contribution in [3.8, 4) is 0 Å². The summed E-state index contributed by atoms with van der Waals surface area (Å²) >= 11 is 1.97. The van der Waals surface area contributed by atoms with Gasteiger partial charge in [-0.05, 0) is 37.3 Å². The van der Waals surface area contributed by atoms with Crippen molar-refractivity contribution in [1.29, 1.82) is 0 Å². The molecule has 0 spiro atoms. The first-order chi connectivity index (χ1) is 8.77. The van der Waals surface area contributed by atoms with Crippen molar-refractivity contribution in [3.05, 3.63) is 29.8 Å². The van der Waals surface area contributed by atoms with Crippen LogP contribution in [0.5, 0.6) is 0 Å². The van der Waals surface area contributed by atoms with Crippen LogP contribution in [0.15, 0.2) is 29.2 Å². The maximum Gasteiger partial charge on any atom is 0.0106 e. The number of thioether (sulfide) groups is 1. The Morgan fingerprint density at radius 1 is 1.22 bits per heavy atom. The molecule has 0 amide bonds. The first kappa shape index (κ1) is 14.0. The van der Waals surface area contributed by atoms with E-state index in [0.29, 0.717) is 0 Å². The second kappa shape index (κ2) is 7.20. The van der Waals surface area contributed by atoms with Gasteiger partial charge in [0.2, 0.25) is 0 Å². The van der Waals surface area contributed by atoms with Crippen LogP contribution in [-0.4, -0.2) is 18.3 Å². The van der Waals surface area contributed by atoms with Crippen LogP contribution in [0.1, 0.15) is 38.2 Å². The normalized spacial score (nSPS) is 24.1. The number of aryl methyl sites for hydroxylation is 1. The molecule has 100 valence electrons. The first-order valence-corrected chi connectivity index (χ1v) is 8.18. The lowest BCUT2D eigenvalue weighted by atomic mass is 9.86. The highest BCUT2D eigenvalue weighted by Crippen LogP contribution is 2.24. The van der Waals surface area contributed by atoms with Crippen LogP contribution < -0.4 is 5.32 Å². The smallest absolute Gasteiger partial charge is 0.0106 e. The lowest BCUT2D eigenvalue weighted by Gasteiger charge is -2.29. The zero-order valence-corrected chi connectivity index (χ0v) is 12.4. The van der Waals surface area contributed by atoms with Gasteiger partial charge in [-0.25, -0.2) is 0 Å². The Kier molecular flexibility index (Phi) is 5.58. The highest BCUT2D eigenvalue weighted by atomic mass is 32.2. The van der Waals surface area contributed by atoms with Crippen molar-refractivity contribution in [3.63, 3.8) is 0 Å². The molecule has 2 rings (SSSR count). The number of hydrogen-bond donors (Lipinski definition) is 1. The lowest BCUT2D eigenvalue weighted by molar-refractivity contribution is 0.285.